The van der Waals surface area contributed by atoms with Gasteiger partial charge in [-0.15, -0.1) is 0 Å². The predicted octanol–water partition coefficient (Wildman–Crippen LogP) is 5.46. The first-order valence-corrected chi connectivity index (χ1v) is 10.3. The molecule has 1 aliphatic carbocycles. The molecule has 0 aromatic heterocycles. The van der Waals surface area contributed by atoms with E-state index in [1.807, 2.05) is 59.8 Å². The normalized spacial score (nSPS) is 20.8. The van der Waals surface area contributed by atoms with E-state index in [9.17, 15) is 0 Å². The van der Waals surface area contributed by atoms with Crippen molar-refractivity contribution in [1.82, 2.24) is 0 Å². The number of nitrogens with two attached hydrogens (primary N) is 1. The Morgan fingerprint density at radius 2 is 1.50 bits per heavy atom. The van der Waals surface area contributed by atoms with Crippen molar-refractivity contribution >= 4 is 17.6 Å². The predicted molar refractivity (Wildman–Crippen MR) is 125 cm³/mol. The summed E-state index contributed by atoms with van der Waals surface area (Å²) in [5.74, 6) is 1.61. The van der Waals surface area contributed by atoms with Crippen LogP contribution < -0.4 is 20.2 Å². The molecule has 0 saturated heterocycles. The lowest BCUT2D eigenvalue weighted by molar-refractivity contribution is 0.415. The summed E-state index contributed by atoms with van der Waals surface area (Å²) < 4.78 is 10.6. The van der Waals surface area contributed by atoms with Crippen LogP contribution in [-0.2, 0) is 0 Å². The maximum absolute atomic E-state index is 6.56. The zero-order chi connectivity index (χ0) is 21.6. The van der Waals surface area contributed by atoms with Crippen LogP contribution in [0.1, 0.15) is 26.7 Å². The summed E-state index contributed by atoms with van der Waals surface area (Å²) in [6.45, 7) is 4.29. The number of anilines is 2. The molecule has 30 heavy (non-hydrogen) atoms. The van der Waals surface area contributed by atoms with Crippen LogP contribution >= 0.6 is 0 Å². The van der Waals surface area contributed by atoms with Crippen molar-refractivity contribution in [2.24, 2.45) is 16.3 Å². The first-order valence-electron chi connectivity index (χ1n) is 10.3. The van der Waals surface area contributed by atoms with Crippen LogP contribution in [0.25, 0.3) is 0 Å². The quantitative estimate of drug-likeness (QED) is 0.468. The molecule has 2 atom stereocenters. The molecule has 0 heterocycles. The number of allylic oxidation sites excluding steroid dienone is 2. The Bertz CT molecular complexity index is 869. The van der Waals surface area contributed by atoms with Gasteiger partial charge in [-0.1, -0.05) is 37.6 Å². The maximum atomic E-state index is 6.56. The van der Waals surface area contributed by atoms with Gasteiger partial charge < -0.3 is 15.2 Å². The monoisotopic (exact) mass is 405 g/mol. The van der Waals surface area contributed by atoms with Gasteiger partial charge in [0.25, 0.3) is 0 Å². The van der Waals surface area contributed by atoms with E-state index >= 15 is 0 Å². The lowest BCUT2D eigenvalue weighted by Gasteiger charge is -2.34. The first-order chi connectivity index (χ1) is 14.5. The van der Waals surface area contributed by atoms with Crippen molar-refractivity contribution in [2.45, 2.75) is 32.7 Å². The van der Waals surface area contributed by atoms with Crippen LogP contribution in [0.15, 0.2) is 77.4 Å². The highest BCUT2D eigenvalue weighted by molar-refractivity contribution is 5.75. The SMILES string of the molecule is CCC1=CC(N)C(C=NN(c2ccc(OC)cc2)c2ccc(OC)cc2)(CC)C=C1. The molecule has 2 unspecified atom stereocenters. The van der Waals surface area contributed by atoms with E-state index in [2.05, 4.69) is 32.1 Å². The highest BCUT2D eigenvalue weighted by Gasteiger charge is 2.32. The number of hydrazone groups is 1. The van der Waals surface area contributed by atoms with E-state index in [4.69, 9.17) is 20.3 Å². The smallest absolute Gasteiger partial charge is 0.119 e. The minimum Gasteiger partial charge on any atom is -0.497 e. The number of hydrogen-bond donors (Lipinski definition) is 1. The van der Waals surface area contributed by atoms with Crippen LogP contribution in [0.2, 0.25) is 0 Å². The van der Waals surface area contributed by atoms with Gasteiger partial charge >= 0.3 is 0 Å². The average Bonchev–Trinajstić information content (AvgIpc) is 2.81. The molecule has 2 aromatic rings. The molecule has 0 saturated carbocycles. The van der Waals surface area contributed by atoms with E-state index in [0.29, 0.717) is 0 Å². The largest absolute Gasteiger partial charge is 0.497 e. The van der Waals surface area contributed by atoms with Gasteiger partial charge in [0, 0.05) is 17.7 Å². The van der Waals surface area contributed by atoms with Gasteiger partial charge in [0.1, 0.15) is 11.5 Å². The Kier molecular flexibility index (Phi) is 6.95. The molecule has 0 aliphatic heterocycles. The van der Waals surface area contributed by atoms with Crippen LogP contribution in [0.5, 0.6) is 11.5 Å². The van der Waals surface area contributed by atoms with Crippen molar-refractivity contribution in [3.8, 4) is 11.5 Å². The molecule has 2 N–H and O–H groups in total. The van der Waals surface area contributed by atoms with Crippen molar-refractivity contribution in [1.29, 1.82) is 0 Å². The Morgan fingerprint density at radius 1 is 0.967 bits per heavy atom. The highest BCUT2D eigenvalue weighted by atomic mass is 16.5. The Morgan fingerprint density at radius 3 is 1.90 bits per heavy atom. The number of ether oxygens (including phenoxy) is 2. The molecule has 0 radical (unpaired) electrons. The van der Waals surface area contributed by atoms with Crippen molar-refractivity contribution in [3.05, 3.63) is 72.3 Å². The second kappa shape index (κ2) is 9.63. The third-order valence-corrected chi connectivity index (χ3v) is 5.69. The molecule has 0 amide bonds. The van der Waals surface area contributed by atoms with Crippen molar-refractivity contribution < 1.29 is 9.47 Å². The number of benzene rings is 2. The molecule has 2 aromatic carbocycles. The fourth-order valence-corrected chi connectivity index (χ4v) is 3.52. The topological polar surface area (TPSA) is 60.1 Å². The van der Waals surface area contributed by atoms with Gasteiger partial charge in [0.2, 0.25) is 0 Å². The van der Waals surface area contributed by atoms with Crippen LogP contribution in [0.4, 0.5) is 11.4 Å². The zero-order valence-corrected chi connectivity index (χ0v) is 18.2. The standard InChI is InChI=1S/C25H31N3O2/c1-5-19-15-16-25(6-2,24(26)17-19)18-27-28(20-7-11-22(29-3)12-8-20)21-9-13-23(30-4)14-10-21/h7-18,24H,5-6,26H2,1-4H3. The number of hydrogen-bond acceptors (Lipinski definition) is 5. The molecular weight excluding hydrogens is 374 g/mol. The summed E-state index contributed by atoms with van der Waals surface area (Å²) >= 11 is 0. The number of methoxy groups -OCH3 is 2. The minimum absolute atomic E-state index is 0.111. The fourth-order valence-electron chi connectivity index (χ4n) is 3.52. The Hall–Kier alpha value is -3.05. The molecule has 0 spiro atoms. The molecular formula is C25H31N3O2. The summed E-state index contributed by atoms with van der Waals surface area (Å²) in [5, 5.41) is 6.82. The molecule has 158 valence electrons. The molecule has 0 fully saturated rings. The second-order valence-corrected chi connectivity index (χ2v) is 7.37. The molecule has 5 nitrogen and oxygen atoms in total. The summed E-state index contributed by atoms with van der Waals surface area (Å²) in [6.07, 6.45) is 10.3. The summed E-state index contributed by atoms with van der Waals surface area (Å²) in [5.41, 5.74) is 9.37. The Balaban J connectivity index is 1.98. The number of nitrogens with zero attached hydrogens (tertiary/aromatic N) is 2. The third-order valence-electron chi connectivity index (χ3n) is 5.69. The van der Waals surface area contributed by atoms with Crippen molar-refractivity contribution in [2.75, 3.05) is 19.2 Å². The van der Waals surface area contributed by atoms with Crippen LogP contribution in [-0.4, -0.2) is 26.5 Å². The van der Waals surface area contributed by atoms with Gasteiger partial charge in [-0.3, -0.25) is 0 Å². The van der Waals surface area contributed by atoms with Crippen molar-refractivity contribution in [3.63, 3.8) is 0 Å². The molecule has 1 aliphatic rings. The lowest BCUT2D eigenvalue weighted by atomic mass is 9.75. The van der Waals surface area contributed by atoms with E-state index in [1.54, 1.807) is 14.2 Å². The lowest BCUT2D eigenvalue weighted by Crippen LogP contribution is -2.42. The maximum Gasteiger partial charge on any atom is 0.119 e. The molecule has 0 bridgehead atoms. The van der Waals surface area contributed by atoms with Crippen LogP contribution in [0, 0.1) is 5.41 Å². The summed E-state index contributed by atoms with van der Waals surface area (Å²) in [4.78, 5) is 0. The first kappa shape index (κ1) is 21.7. The fraction of sp³-hybridized carbons (Fsp3) is 0.320. The van der Waals surface area contributed by atoms with Gasteiger partial charge in [-0.2, -0.15) is 5.10 Å². The average molecular weight is 406 g/mol. The van der Waals surface area contributed by atoms with Gasteiger partial charge in [-0.25, -0.2) is 5.01 Å². The van der Waals surface area contributed by atoms with Gasteiger partial charge in [0.05, 0.1) is 25.6 Å². The molecule has 3 rings (SSSR count). The van der Waals surface area contributed by atoms with Crippen LogP contribution in [0.3, 0.4) is 0 Å². The van der Waals surface area contributed by atoms with E-state index in [-0.39, 0.29) is 11.5 Å². The summed E-state index contributed by atoms with van der Waals surface area (Å²) in [6, 6.07) is 15.6. The van der Waals surface area contributed by atoms with E-state index in [0.717, 1.165) is 35.7 Å². The minimum atomic E-state index is -0.324. The number of rotatable bonds is 8. The summed E-state index contributed by atoms with van der Waals surface area (Å²) in [7, 11) is 3.32. The van der Waals surface area contributed by atoms with Gasteiger partial charge in [-0.05, 0) is 61.4 Å². The zero-order valence-electron chi connectivity index (χ0n) is 18.2. The van der Waals surface area contributed by atoms with Gasteiger partial charge in [0.15, 0.2) is 0 Å². The van der Waals surface area contributed by atoms with E-state index in [1.165, 1.54) is 5.57 Å². The second-order valence-electron chi connectivity index (χ2n) is 7.37. The third kappa shape index (κ3) is 4.57. The highest BCUT2D eigenvalue weighted by Crippen LogP contribution is 2.34. The Labute approximate surface area is 179 Å². The molecule has 5 heteroatoms. The van der Waals surface area contributed by atoms with E-state index < -0.39 is 0 Å².